The molecule has 74 valence electrons. The van der Waals surface area contributed by atoms with Crippen LogP contribution in [0.1, 0.15) is 0 Å². The maximum absolute atomic E-state index is 12.0. The summed E-state index contributed by atoms with van der Waals surface area (Å²) in [6.45, 7) is 0.0688. The highest BCUT2D eigenvalue weighted by molar-refractivity contribution is 5.22. The molecular formula is C9H16FN3. The van der Waals surface area contributed by atoms with Gasteiger partial charge in [0, 0.05) is 32.5 Å². The fourth-order valence-corrected chi connectivity index (χ4v) is 1.15. The number of halogens is 1. The van der Waals surface area contributed by atoms with E-state index in [1.165, 1.54) is 0 Å². The van der Waals surface area contributed by atoms with Crippen LogP contribution in [-0.2, 0) is 0 Å². The number of alkyl halides is 1. The van der Waals surface area contributed by atoms with E-state index in [1.54, 1.807) is 0 Å². The molecular weight excluding hydrogens is 169 g/mol. The molecule has 2 N–H and O–H groups in total. The lowest BCUT2D eigenvalue weighted by Gasteiger charge is -2.28. The van der Waals surface area contributed by atoms with Gasteiger partial charge in [-0.25, -0.2) is 4.39 Å². The molecule has 0 aromatic rings. The lowest BCUT2D eigenvalue weighted by molar-refractivity contribution is 0.335. The highest BCUT2D eigenvalue weighted by atomic mass is 19.1. The van der Waals surface area contributed by atoms with Gasteiger partial charge in [0.1, 0.15) is 6.67 Å². The number of hydrogen-bond acceptors (Lipinski definition) is 3. The standard InChI is InChI=1S/C9H16FN3/c1-12(6-4-10)8-3-5-13(2)9(11)7-8/h3,5,7,9H,4,6,11H2,1-2H3. The van der Waals surface area contributed by atoms with Crippen molar-refractivity contribution in [1.82, 2.24) is 9.80 Å². The number of nitrogens with zero attached hydrogens (tertiary/aromatic N) is 2. The van der Waals surface area contributed by atoms with Crippen molar-refractivity contribution in [3.63, 3.8) is 0 Å². The first kappa shape index (κ1) is 10.1. The Labute approximate surface area is 78.3 Å². The molecule has 3 nitrogen and oxygen atoms in total. The molecule has 1 heterocycles. The van der Waals surface area contributed by atoms with Crippen molar-refractivity contribution in [3.8, 4) is 0 Å². The summed E-state index contributed by atoms with van der Waals surface area (Å²) < 4.78 is 12.0. The minimum absolute atomic E-state index is 0.109. The van der Waals surface area contributed by atoms with Crippen LogP contribution < -0.4 is 5.73 Å². The Morgan fingerprint density at radius 3 is 2.92 bits per heavy atom. The van der Waals surface area contributed by atoms with Crippen molar-refractivity contribution in [2.75, 3.05) is 27.3 Å². The van der Waals surface area contributed by atoms with Gasteiger partial charge in [-0.1, -0.05) is 0 Å². The highest BCUT2D eigenvalue weighted by Gasteiger charge is 2.11. The van der Waals surface area contributed by atoms with Crippen LogP contribution >= 0.6 is 0 Å². The summed E-state index contributed by atoms with van der Waals surface area (Å²) in [7, 11) is 3.76. The quantitative estimate of drug-likeness (QED) is 0.695. The Bertz CT molecular complexity index is 225. The zero-order valence-electron chi connectivity index (χ0n) is 8.07. The van der Waals surface area contributed by atoms with E-state index in [1.807, 2.05) is 42.2 Å². The molecule has 0 aliphatic carbocycles. The Hall–Kier alpha value is -1.03. The molecule has 0 bridgehead atoms. The molecule has 1 rings (SSSR count). The molecule has 0 amide bonds. The summed E-state index contributed by atoms with van der Waals surface area (Å²) >= 11 is 0. The smallest absolute Gasteiger partial charge is 0.107 e. The highest BCUT2D eigenvalue weighted by Crippen LogP contribution is 2.11. The minimum atomic E-state index is -0.341. The fourth-order valence-electron chi connectivity index (χ4n) is 1.15. The Kier molecular flexibility index (Phi) is 3.31. The van der Waals surface area contributed by atoms with Gasteiger partial charge in [0.25, 0.3) is 0 Å². The van der Waals surface area contributed by atoms with Crippen LogP contribution in [0, 0.1) is 0 Å². The van der Waals surface area contributed by atoms with Gasteiger partial charge >= 0.3 is 0 Å². The van der Waals surface area contributed by atoms with E-state index < -0.39 is 0 Å². The van der Waals surface area contributed by atoms with E-state index in [0.717, 1.165) is 5.70 Å². The van der Waals surface area contributed by atoms with Crippen molar-refractivity contribution in [2.45, 2.75) is 6.17 Å². The molecule has 1 aliphatic heterocycles. The molecule has 13 heavy (non-hydrogen) atoms. The number of nitrogens with two attached hydrogens (primary N) is 1. The average Bonchev–Trinajstić information content (AvgIpc) is 2.10. The van der Waals surface area contributed by atoms with Crippen molar-refractivity contribution < 1.29 is 4.39 Å². The van der Waals surface area contributed by atoms with Gasteiger partial charge in [-0.15, -0.1) is 0 Å². The van der Waals surface area contributed by atoms with Gasteiger partial charge < -0.3 is 15.5 Å². The van der Waals surface area contributed by atoms with Crippen molar-refractivity contribution >= 4 is 0 Å². The molecule has 1 atom stereocenters. The van der Waals surface area contributed by atoms with Gasteiger partial charge in [-0.3, -0.25) is 0 Å². The van der Waals surface area contributed by atoms with Crippen molar-refractivity contribution in [2.24, 2.45) is 5.73 Å². The van der Waals surface area contributed by atoms with Crippen molar-refractivity contribution in [1.29, 1.82) is 0 Å². The van der Waals surface area contributed by atoms with E-state index in [2.05, 4.69) is 0 Å². The topological polar surface area (TPSA) is 32.5 Å². The minimum Gasteiger partial charge on any atom is -0.372 e. The predicted molar refractivity (Wildman–Crippen MR) is 51.6 cm³/mol. The molecule has 0 spiro atoms. The van der Waals surface area contributed by atoms with Gasteiger partial charge in [0.2, 0.25) is 0 Å². The number of hydrogen-bond donors (Lipinski definition) is 1. The molecule has 0 fully saturated rings. The summed E-state index contributed by atoms with van der Waals surface area (Å²) in [6, 6.07) is 0. The zero-order valence-corrected chi connectivity index (χ0v) is 8.07. The maximum atomic E-state index is 12.0. The first-order chi connectivity index (χ1) is 6.15. The first-order valence-corrected chi connectivity index (χ1v) is 4.30. The number of allylic oxidation sites excluding steroid dienone is 1. The second-order valence-corrected chi connectivity index (χ2v) is 3.17. The second kappa shape index (κ2) is 4.28. The summed E-state index contributed by atoms with van der Waals surface area (Å²) in [5.74, 6) is 0. The van der Waals surface area contributed by atoms with E-state index in [4.69, 9.17) is 5.73 Å². The summed E-state index contributed by atoms with van der Waals surface area (Å²) in [5.41, 5.74) is 6.76. The molecule has 1 unspecified atom stereocenters. The lowest BCUT2D eigenvalue weighted by Crippen LogP contribution is -2.37. The number of likely N-dealkylation sites (N-methyl/N-ethyl adjacent to an activating group) is 2. The third-order valence-electron chi connectivity index (χ3n) is 2.15. The van der Waals surface area contributed by atoms with Crippen LogP contribution in [-0.4, -0.2) is 43.3 Å². The van der Waals surface area contributed by atoms with E-state index in [0.29, 0.717) is 6.54 Å². The summed E-state index contributed by atoms with van der Waals surface area (Å²) in [6.07, 6.45) is 5.63. The third-order valence-corrected chi connectivity index (χ3v) is 2.15. The maximum Gasteiger partial charge on any atom is 0.107 e. The van der Waals surface area contributed by atoms with Gasteiger partial charge in [0.15, 0.2) is 0 Å². The average molecular weight is 185 g/mol. The summed E-state index contributed by atoms with van der Waals surface area (Å²) in [5, 5.41) is 0. The van der Waals surface area contributed by atoms with Crippen LogP contribution in [0.25, 0.3) is 0 Å². The molecule has 0 saturated carbocycles. The fraction of sp³-hybridized carbons (Fsp3) is 0.556. The molecule has 0 radical (unpaired) electrons. The molecule has 0 aromatic carbocycles. The zero-order chi connectivity index (χ0) is 9.84. The SMILES string of the molecule is CN(CCF)C1=CC(N)N(C)C=C1. The monoisotopic (exact) mass is 185 g/mol. The van der Waals surface area contributed by atoms with Crippen molar-refractivity contribution in [3.05, 3.63) is 24.0 Å². The Balaban J connectivity index is 2.61. The normalized spacial score (nSPS) is 21.7. The third kappa shape index (κ3) is 2.45. The summed E-state index contributed by atoms with van der Waals surface area (Å²) in [4.78, 5) is 3.75. The van der Waals surface area contributed by atoms with Crippen LogP contribution in [0.15, 0.2) is 24.0 Å². The van der Waals surface area contributed by atoms with Crippen LogP contribution in [0.5, 0.6) is 0 Å². The van der Waals surface area contributed by atoms with Gasteiger partial charge in [0.05, 0.1) is 6.17 Å². The largest absolute Gasteiger partial charge is 0.372 e. The molecule has 0 saturated heterocycles. The van der Waals surface area contributed by atoms with Crippen LogP contribution in [0.2, 0.25) is 0 Å². The first-order valence-electron chi connectivity index (χ1n) is 4.30. The van der Waals surface area contributed by atoms with E-state index >= 15 is 0 Å². The molecule has 0 aromatic heterocycles. The van der Waals surface area contributed by atoms with Crippen LogP contribution in [0.3, 0.4) is 0 Å². The second-order valence-electron chi connectivity index (χ2n) is 3.17. The van der Waals surface area contributed by atoms with E-state index in [9.17, 15) is 4.39 Å². The van der Waals surface area contributed by atoms with Gasteiger partial charge in [-0.2, -0.15) is 0 Å². The predicted octanol–water partition coefficient (Wildman–Crippen LogP) is 0.516. The van der Waals surface area contributed by atoms with Gasteiger partial charge in [-0.05, 0) is 12.2 Å². The Morgan fingerprint density at radius 2 is 2.38 bits per heavy atom. The van der Waals surface area contributed by atoms with Crippen LogP contribution in [0.4, 0.5) is 4.39 Å². The lowest BCUT2D eigenvalue weighted by atomic mass is 10.2. The molecule has 4 heteroatoms. The molecule has 1 aliphatic rings. The number of rotatable bonds is 3. The van der Waals surface area contributed by atoms with E-state index in [-0.39, 0.29) is 12.8 Å². The Morgan fingerprint density at radius 1 is 1.69 bits per heavy atom.